The molecule has 7 atom stereocenters. The first-order valence-electron chi connectivity index (χ1n) is 19.9. The molecular weight excluding hydrogens is 715 g/mol. The fraction of sp³-hybridized carbons (Fsp3) is 0.667. The summed E-state index contributed by atoms with van der Waals surface area (Å²) < 4.78 is 41.8. The van der Waals surface area contributed by atoms with Crippen LogP contribution < -0.4 is 25.7 Å². The predicted molar refractivity (Wildman–Crippen MR) is 198 cm³/mol. The summed E-state index contributed by atoms with van der Waals surface area (Å²) in [5.74, 6) is -1.63. The lowest BCUT2D eigenvalue weighted by Crippen LogP contribution is -2.59. The molecule has 3 N–H and O–H groups in total. The third-order valence-corrected chi connectivity index (χ3v) is 14.5. The lowest BCUT2D eigenvalue weighted by molar-refractivity contribution is -0.142. The molecule has 54 heavy (non-hydrogen) atoms. The molecule has 4 saturated carbocycles. The van der Waals surface area contributed by atoms with Crippen LogP contribution in [0.1, 0.15) is 96.8 Å². The first-order chi connectivity index (χ1) is 26.0. The van der Waals surface area contributed by atoms with Crippen LogP contribution in [0.5, 0.6) is 5.88 Å². The zero-order valence-corrected chi connectivity index (χ0v) is 31.6. The van der Waals surface area contributed by atoms with Gasteiger partial charge in [-0.3, -0.25) is 28.5 Å². The van der Waals surface area contributed by atoms with E-state index < -0.39 is 62.8 Å². The van der Waals surface area contributed by atoms with Crippen LogP contribution in [0, 0.1) is 17.8 Å². The molecule has 2 aromatic rings. The Balaban J connectivity index is 1.12. The van der Waals surface area contributed by atoms with E-state index in [-0.39, 0.29) is 48.8 Å². The molecular formula is C39H51N5O9S. The molecule has 5 fully saturated rings. The van der Waals surface area contributed by atoms with Gasteiger partial charge in [0.05, 0.1) is 11.8 Å². The summed E-state index contributed by atoms with van der Waals surface area (Å²) in [7, 11) is -3.87. The van der Waals surface area contributed by atoms with E-state index in [1.165, 1.54) is 4.90 Å². The van der Waals surface area contributed by atoms with Crippen LogP contribution in [0.4, 0.5) is 4.79 Å². The van der Waals surface area contributed by atoms with Gasteiger partial charge in [-0.25, -0.2) is 13.2 Å². The molecule has 4 amide bonds. The Morgan fingerprint density at radius 3 is 2.43 bits per heavy atom. The van der Waals surface area contributed by atoms with Gasteiger partial charge in [0, 0.05) is 24.4 Å². The van der Waals surface area contributed by atoms with Crippen molar-refractivity contribution in [1.29, 1.82) is 0 Å². The molecule has 15 heteroatoms. The standard InChI is InChI=1S/C39H51N5O9S/c1-2-26-21-39(26,37(48)42-54(50,51)28-15-16-28)41-34(45)30-20-27-22-44(30)36(47)33(23-10-5-6-11-23)40-38(49)53-31-18-25(31)13-4-3-9-17-43-32(52-27)19-24-12-7-8-14-29(24)35(43)46/h7-8,12,14,19,23,25-28,30-31,33H,2-6,9-11,13,15-18,20-22H2,1H3,(H,40,49)(H,41,45)(H,42,48)/t25-,26+,27-,30+,31-,33+,39-/m1/s1. The van der Waals surface area contributed by atoms with Gasteiger partial charge >= 0.3 is 6.09 Å². The first kappa shape index (κ1) is 36.8. The van der Waals surface area contributed by atoms with Crippen LogP contribution in [-0.2, 0) is 35.7 Å². The molecule has 1 aromatic heterocycles. The SMILES string of the molecule is CC[C@H]1C[C@]1(NC(=O)[C@@H]1C[C@@H]2CN1C(=O)[C@H](C1CCCC1)NC(=O)O[C@@H]1C[C@H]1CCCCCn1c(cc3ccccc3c1=O)O2)C(=O)NS(=O)(=O)C1CC1. The van der Waals surface area contributed by atoms with Gasteiger partial charge in [-0.1, -0.05) is 57.2 Å². The van der Waals surface area contributed by atoms with Crippen LogP contribution >= 0.6 is 0 Å². The Hall–Kier alpha value is -4.14. The monoisotopic (exact) mass is 765 g/mol. The van der Waals surface area contributed by atoms with Crippen LogP contribution in [0.3, 0.4) is 0 Å². The maximum Gasteiger partial charge on any atom is 0.408 e. The highest BCUT2D eigenvalue weighted by molar-refractivity contribution is 7.91. The van der Waals surface area contributed by atoms with Gasteiger partial charge in [-0.05, 0) is 80.6 Å². The van der Waals surface area contributed by atoms with Gasteiger partial charge < -0.3 is 25.0 Å². The topological polar surface area (TPSA) is 182 Å². The summed E-state index contributed by atoms with van der Waals surface area (Å²) in [6.45, 7) is 2.30. The van der Waals surface area contributed by atoms with Crippen LogP contribution in [0.25, 0.3) is 10.8 Å². The number of carbonyl (C=O) groups is 4. The summed E-state index contributed by atoms with van der Waals surface area (Å²) >= 11 is 0. The maximum absolute atomic E-state index is 14.7. The largest absolute Gasteiger partial charge is 0.473 e. The minimum Gasteiger partial charge on any atom is -0.473 e. The van der Waals surface area contributed by atoms with Crippen LogP contribution in [0.15, 0.2) is 35.1 Å². The number of nitrogens with zero attached hydrogens (tertiary/aromatic N) is 2. The second-order valence-electron chi connectivity index (χ2n) is 16.4. The molecule has 3 heterocycles. The van der Waals surface area contributed by atoms with Crippen LogP contribution in [-0.4, -0.2) is 83.3 Å². The molecule has 292 valence electrons. The number of rotatable bonds is 7. The second-order valence-corrected chi connectivity index (χ2v) is 18.4. The number of hydrogen-bond donors (Lipinski definition) is 3. The van der Waals surface area contributed by atoms with Crippen molar-refractivity contribution in [2.75, 3.05) is 6.54 Å². The van der Waals surface area contributed by atoms with Crippen LogP contribution in [0.2, 0.25) is 0 Å². The number of nitrogens with one attached hydrogen (secondary N) is 3. The van der Waals surface area contributed by atoms with E-state index in [0.717, 1.165) is 57.8 Å². The fourth-order valence-electron chi connectivity index (χ4n) is 9.09. The summed E-state index contributed by atoms with van der Waals surface area (Å²) in [5.41, 5.74) is -1.61. The number of aromatic nitrogens is 1. The number of pyridine rings is 1. The smallest absolute Gasteiger partial charge is 0.408 e. The zero-order chi connectivity index (χ0) is 37.8. The van der Waals surface area contributed by atoms with Crippen molar-refractivity contribution in [2.45, 2.75) is 138 Å². The van der Waals surface area contributed by atoms with E-state index in [4.69, 9.17) is 9.47 Å². The van der Waals surface area contributed by atoms with E-state index in [1.54, 1.807) is 10.6 Å². The van der Waals surface area contributed by atoms with Gasteiger partial charge in [0.15, 0.2) is 5.88 Å². The van der Waals surface area contributed by atoms with Gasteiger partial charge in [0.25, 0.3) is 11.5 Å². The second kappa shape index (κ2) is 14.5. The molecule has 0 spiro atoms. The Kier molecular flexibility index (Phi) is 9.88. The molecule has 1 aromatic carbocycles. The number of fused-ring (bicyclic) bond motifs is 5. The maximum atomic E-state index is 14.7. The Bertz CT molecular complexity index is 1990. The fourth-order valence-corrected chi connectivity index (χ4v) is 10.5. The molecule has 0 radical (unpaired) electrons. The van der Waals surface area contributed by atoms with Crippen molar-refractivity contribution < 1.29 is 37.1 Å². The van der Waals surface area contributed by atoms with Crippen molar-refractivity contribution in [3.63, 3.8) is 0 Å². The first-order valence-corrected chi connectivity index (χ1v) is 21.5. The Morgan fingerprint density at radius 2 is 1.69 bits per heavy atom. The van der Waals surface area contributed by atoms with E-state index in [0.29, 0.717) is 42.5 Å². The molecule has 4 aliphatic carbocycles. The quantitative estimate of drug-likeness (QED) is 0.380. The molecule has 0 unspecified atom stereocenters. The van der Waals surface area contributed by atoms with Gasteiger partial charge in [0.1, 0.15) is 29.8 Å². The highest BCUT2D eigenvalue weighted by Crippen LogP contribution is 2.47. The minimum atomic E-state index is -3.87. The lowest BCUT2D eigenvalue weighted by Gasteiger charge is -2.32. The number of amides is 4. The molecule has 14 nitrogen and oxygen atoms in total. The summed E-state index contributed by atoms with van der Waals surface area (Å²) in [4.78, 5) is 71.3. The highest BCUT2D eigenvalue weighted by Gasteiger charge is 2.62. The van der Waals surface area contributed by atoms with Crippen molar-refractivity contribution in [1.82, 2.24) is 24.8 Å². The average molecular weight is 766 g/mol. The summed E-state index contributed by atoms with van der Waals surface area (Å²) in [5, 5.41) is 6.46. The highest BCUT2D eigenvalue weighted by atomic mass is 32.2. The third-order valence-electron chi connectivity index (χ3n) is 12.6. The van der Waals surface area contributed by atoms with Gasteiger partial charge in [-0.2, -0.15) is 0 Å². The van der Waals surface area contributed by atoms with Crippen molar-refractivity contribution in [3.05, 3.63) is 40.7 Å². The molecule has 6 aliphatic rings. The lowest BCUT2D eigenvalue weighted by atomic mass is 9.96. The third kappa shape index (κ3) is 7.32. The van der Waals surface area contributed by atoms with E-state index >= 15 is 0 Å². The van der Waals surface area contributed by atoms with E-state index in [2.05, 4.69) is 15.4 Å². The van der Waals surface area contributed by atoms with E-state index in [1.807, 2.05) is 31.2 Å². The summed E-state index contributed by atoms with van der Waals surface area (Å²) in [6.07, 6.45) is 7.74. The normalized spacial score (nSPS) is 31.9. The number of sulfonamides is 1. The van der Waals surface area contributed by atoms with E-state index in [9.17, 15) is 32.4 Å². The average Bonchev–Trinajstić information content (AvgIpc) is 4.11. The molecule has 2 aliphatic heterocycles. The zero-order valence-electron chi connectivity index (χ0n) is 30.8. The molecule has 8 rings (SSSR count). The Morgan fingerprint density at radius 1 is 0.944 bits per heavy atom. The number of benzene rings is 1. The molecule has 2 bridgehead atoms. The van der Waals surface area contributed by atoms with Gasteiger partial charge in [0.2, 0.25) is 21.8 Å². The summed E-state index contributed by atoms with van der Waals surface area (Å²) in [6, 6.07) is 7.12. The predicted octanol–water partition coefficient (Wildman–Crippen LogP) is 3.49. The minimum absolute atomic E-state index is 0.00491. The van der Waals surface area contributed by atoms with Crippen molar-refractivity contribution >= 4 is 44.6 Å². The number of hydrogen-bond acceptors (Lipinski definition) is 9. The number of alkyl carbamates (subject to hydrolysis) is 1. The van der Waals surface area contributed by atoms with Gasteiger partial charge in [-0.15, -0.1) is 0 Å². The molecule has 1 saturated heterocycles. The number of carbonyl (C=O) groups excluding carboxylic acids is 4. The van der Waals surface area contributed by atoms with Crippen molar-refractivity contribution in [3.8, 4) is 5.88 Å². The Labute approximate surface area is 315 Å². The number of ether oxygens (including phenoxy) is 2. The van der Waals surface area contributed by atoms with Crippen molar-refractivity contribution in [2.24, 2.45) is 17.8 Å².